The van der Waals surface area contributed by atoms with Crippen molar-refractivity contribution < 1.29 is 66.7 Å². The Labute approximate surface area is 460 Å². The maximum atomic E-state index is 13.2. The molecule has 0 aromatic rings. The van der Waals surface area contributed by atoms with Gasteiger partial charge in [0, 0.05) is 44.9 Å². The minimum Gasteiger partial charge on any atom is -0.466 e. The highest BCUT2D eigenvalue weighted by Gasteiger charge is 2.38. The first kappa shape index (κ1) is 70.3. The van der Waals surface area contributed by atoms with Crippen molar-refractivity contribution in [3.63, 3.8) is 0 Å². The smallest absolute Gasteiger partial charge is 0.305 e. The second-order valence-electron chi connectivity index (χ2n) is 21.5. The summed E-state index contributed by atoms with van der Waals surface area (Å²) in [5, 5.41) is 0. The zero-order valence-electron chi connectivity index (χ0n) is 48.5. The first-order chi connectivity index (χ1) is 37.0. The molecule has 15 nitrogen and oxygen atoms in total. The molecular formula is C61H109NO14. The zero-order chi connectivity index (χ0) is 55.4. The van der Waals surface area contributed by atoms with E-state index in [9.17, 15) is 33.6 Å². The minimum absolute atomic E-state index is 0.0678. The van der Waals surface area contributed by atoms with Crippen molar-refractivity contribution in [1.82, 2.24) is 4.90 Å². The fraction of sp³-hybridized carbons (Fsp3) is 0.885. The first-order valence-corrected chi connectivity index (χ1v) is 30.8. The monoisotopic (exact) mass is 1080 g/mol. The van der Waals surface area contributed by atoms with E-state index < -0.39 is 29.3 Å². The minimum atomic E-state index is -1.40. The summed E-state index contributed by atoms with van der Waals surface area (Å²) in [6.07, 6.45) is 33.0. The molecular weight excluding hydrogens is 971 g/mol. The van der Waals surface area contributed by atoms with Crippen molar-refractivity contribution in [2.45, 2.75) is 278 Å². The van der Waals surface area contributed by atoms with Crippen molar-refractivity contribution in [3.8, 4) is 0 Å². The second-order valence-corrected chi connectivity index (χ2v) is 21.5. The van der Waals surface area contributed by atoms with Crippen molar-refractivity contribution in [1.29, 1.82) is 0 Å². The summed E-state index contributed by atoms with van der Waals surface area (Å²) in [6.45, 7) is 9.27. The molecule has 1 fully saturated rings. The number of carbonyl (C=O) groups is 7. The van der Waals surface area contributed by atoms with Crippen LogP contribution in [0.5, 0.6) is 0 Å². The lowest BCUT2D eigenvalue weighted by Crippen LogP contribution is -2.44. The topological polar surface area (TPSA) is 187 Å². The van der Waals surface area contributed by atoms with E-state index in [1.54, 1.807) is 0 Å². The Morgan fingerprint density at radius 3 is 0.789 bits per heavy atom. The van der Waals surface area contributed by atoms with Crippen molar-refractivity contribution in [2.75, 3.05) is 65.9 Å². The van der Waals surface area contributed by atoms with Crippen LogP contribution in [-0.4, -0.2) is 113 Å². The molecule has 15 heteroatoms. The van der Waals surface area contributed by atoms with Gasteiger partial charge in [0.15, 0.2) is 0 Å². The van der Waals surface area contributed by atoms with E-state index in [2.05, 4.69) is 25.7 Å². The maximum absolute atomic E-state index is 13.2. The summed E-state index contributed by atoms with van der Waals surface area (Å²) in [5.74, 6) is -2.76. The lowest BCUT2D eigenvalue weighted by Gasteiger charge is -2.31. The highest BCUT2D eigenvalue weighted by Crippen LogP contribution is 2.24. The van der Waals surface area contributed by atoms with Crippen molar-refractivity contribution >= 4 is 41.8 Å². The number of nitrogens with zero attached hydrogens (tertiary/aromatic N) is 1. The van der Waals surface area contributed by atoms with Crippen LogP contribution < -0.4 is 0 Å². The summed E-state index contributed by atoms with van der Waals surface area (Å²) in [6, 6.07) is 0. The van der Waals surface area contributed by atoms with Gasteiger partial charge in [-0.25, -0.2) is 0 Å². The molecule has 1 saturated heterocycles. The molecule has 0 aromatic carbocycles. The third-order valence-electron chi connectivity index (χ3n) is 14.0. The third kappa shape index (κ3) is 44.3. The molecule has 1 aliphatic heterocycles. The van der Waals surface area contributed by atoms with Crippen LogP contribution in [0.2, 0.25) is 0 Å². The third-order valence-corrected chi connectivity index (χ3v) is 14.0. The number of hydrogen-bond donors (Lipinski definition) is 0. The number of unbranched alkanes of at least 4 members (excludes halogenated alkanes) is 24. The van der Waals surface area contributed by atoms with Crippen LogP contribution in [0.25, 0.3) is 0 Å². The van der Waals surface area contributed by atoms with Crippen molar-refractivity contribution in [3.05, 3.63) is 0 Å². The standard InChI is InChI=1S/C61H109NO14/c1-4-7-10-13-16-19-33-47-70-54(63)37-25-22-28-40-57(66)73-50-61(53-76-60(69)43-36-46-62-44-31-32-45-62,51-74-58(67)41-29-23-26-38-55(64)71-48-34-20-17-14-11-8-5-2)52-75-59(68)42-30-24-27-39-56(65)72-49-35-21-18-15-12-9-6-3/h4-53H2,1-3H3. The van der Waals surface area contributed by atoms with E-state index in [0.717, 1.165) is 90.3 Å². The van der Waals surface area contributed by atoms with Gasteiger partial charge in [-0.05, 0) is 96.7 Å². The summed E-state index contributed by atoms with van der Waals surface area (Å²) in [7, 11) is 0. The highest BCUT2D eigenvalue weighted by molar-refractivity contribution is 5.72. The molecule has 0 unspecified atom stereocenters. The normalized spacial score (nSPS) is 12.6. The molecule has 0 N–H and O–H groups in total. The van der Waals surface area contributed by atoms with Crippen LogP contribution >= 0.6 is 0 Å². The SMILES string of the molecule is CCCCCCCCCOC(=O)CCCCCC(=O)OCC(COC(=O)CCCCCC(=O)OCCCCCCCCC)(COC(=O)CCCCCC(=O)OCCCCCCCCC)COC(=O)CCCN1CCCC1. The quantitative estimate of drug-likeness (QED) is 0.0318. The molecule has 442 valence electrons. The maximum Gasteiger partial charge on any atom is 0.305 e. The van der Waals surface area contributed by atoms with Crippen LogP contribution in [0.3, 0.4) is 0 Å². The van der Waals surface area contributed by atoms with Gasteiger partial charge in [0.1, 0.15) is 31.8 Å². The van der Waals surface area contributed by atoms with Crippen molar-refractivity contribution in [2.24, 2.45) is 5.41 Å². The van der Waals surface area contributed by atoms with Gasteiger partial charge in [-0.2, -0.15) is 0 Å². The number of rotatable bonds is 54. The number of likely N-dealkylation sites (tertiary alicyclic amines) is 1. The van der Waals surface area contributed by atoms with Gasteiger partial charge in [-0.1, -0.05) is 156 Å². The Hall–Kier alpha value is -3.75. The van der Waals surface area contributed by atoms with Gasteiger partial charge >= 0.3 is 41.8 Å². The van der Waals surface area contributed by atoms with Gasteiger partial charge in [0.05, 0.1) is 19.8 Å². The summed E-state index contributed by atoms with van der Waals surface area (Å²) < 4.78 is 39.3. The molecule has 1 rings (SSSR count). The zero-order valence-corrected chi connectivity index (χ0v) is 48.5. The van der Waals surface area contributed by atoms with E-state index in [1.165, 1.54) is 77.0 Å². The Balaban J connectivity index is 2.83. The molecule has 0 atom stereocenters. The Morgan fingerprint density at radius 2 is 0.513 bits per heavy atom. The Bertz CT molecular complexity index is 1340. The van der Waals surface area contributed by atoms with E-state index in [1.807, 2.05) is 0 Å². The molecule has 0 spiro atoms. The number of carbonyl (C=O) groups excluding carboxylic acids is 7. The Kier molecular flexibility index (Phi) is 46.9. The first-order valence-electron chi connectivity index (χ1n) is 30.8. The molecule has 0 amide bonds. The molecule has 0 bridgehead atoms. The molecule has 1 aliphatic rings. The van der Waals surface area contributed by atoms with Crippen LogP contribution in [-0.2, 0) is 66.7 Å². The number of hydrogen-bond acceptors (Lipinski definition) is 15. The number of ether oxygens (including phenoxy) is 7. The summed E-state index contributed by atoms with van der Waals surface area (Å²) >= 11 is 0. The average Bonchev–Trinajstić information content (AvgIpc) is 3.94. The van der Waals surface area contributed by atoms with Gasteiger partial charge in [-0.3, -0.25) is 33.6 Å². The van der Waals surface area contributed by atoms with Crippen LogP contribution in [0.4, 0.5) is 0 Å². The molecule has 0 aliphatic carbocycles. The highest BCUT2D eigenvalue weighted by atomic mass is 16.6. The lowest BCUT2D eigenvalue weighted by molar-refractivity contribution is -0.171. The van der Waals surface area contributed by atoms with E-state index in [4.69, 9.17) is 33.2 Å². The van der Waals surface area contributed by atoms with E-state index >= 15 is 0 Å². The van der Waals surface area contributed by atoms with Crippen LogP contribution in [0.1, 0.15) is 278 Å². The average molecular weight is 1080 g/mol. The largest absolute Gasteiger partial charge is 0.466 e. The van der Waals surface area contributed by atoms with Gasteiger partial charge in [0.2, 0.25) is 0 Å². The second kappa shape index (κ2) is 50.7. The van der Waals surface area contributed by atoms with Gasteiger partial charge in [0.25, 0.3) is 0 Å². The molecule has 76 heavy (non-hydrogen) atoms. The predicted octanol–water partition coefficient (Wildman–Crippen LogP) is 13.8. The molecule has 0 aromatic heterocycles. The fourth-order valence-electron chi connectivity index (χ4n) is 9.02. The van der Waals surface area contributed by atoms with E-state index in [0.29, 0.717) is 84.0 Å². The fourth-order valence-corrected chi connectivity index (χ4v) is 9.02. The molecule has 0 saturated carbocycles. The summed E-state index contributed by atoms with van der Waals surface area (Å²) in [5.41, 5.74) is -1.40. The van der Waals surface area contributed by atoms with Crippen LogP contribution in [0.15, 0.2) is 0 Å². The molecule has 0 radical (unpaired) electrons. The lowest BCUT2D eigenvalue weighted by atomic mass is 9.92. The number of esters is 7. The van der Waals surface area contributed by atoms with E-state index in [-0.39, 0.29) is 89.3 Å². The summed E-state index contributed by atoms with van der Waals surface area (Å²) in [4.78, 5) is 92.0. The Morgan fingerprint density at radius 1 is 0.289 bits per heavy atom. The van der Waals surface area contributed by atoms with Gasteiger partial charge < -0.3 is 38.1 Å². The predicted molar refractivity (Wildman–Crippen MR) is 297 cm³/mol. The van der Waals surface area contributed by atoms with Gasteiger partial charge in [-0.15, -0.1) is 0 Å². The van der Waals surface area contributed by atoms with Crippen LogP contribution in [0, 0.1) is 5.41 Å². The molecule has 1 heterocycles.